The molecule has 0 aromatic heterocycles. The van der Waals surface area contributed by atoms with Crippen LogP contribution in [-0.2, 0) is 0 Å². The summed E-state index contributed by atoms with van der Waals surface area (Å²) in [6.45, 7) is 10.8. The highest BCUT2D eigenvalue weighted by atomic mass is 32.2. The summed E-state index contributed by atoms with van der Waals surface area (Å²) in [5.74, 6) is 2.20. The molecule has 3 heteroatoms. The van der Waals surface area contributed by atoms with Crippen molar-refractivity contribution in [2.24, 2.45) is 5.92 Å². The van der Waals surface area contributed by atoms with E-state index in [-0.39, 0.29) is 0 Å². The number of nitrogens with zero attached hydrogens (tertiary/aromatic N) is 1. The van der Waals surface area contributed by atoms with Crippen LogP contribution in [0.5, 0.6) is 0 Å². The Hall–Kier alpha value is 0.270. The zero-order valence-corrected chi connectivity index (χ0v) is 13.1. The Bertz CT molecular complexity index is 241. The molecule has 0 bridgehead atoms. The smallest absolute Gasteiger partial charge is 0.0221 e. The quantitative estimate of drug-likeness (QED) is 0.827. The highest BCUT2D eigenvalue weighted by molar-refractivity contribution is 8.00. The van der Waals surface area contributed by atoms with Crippen LogP contribution in [0.15, 0.2) is 0 Å². The Morgan fingerprint density at radius 2 is 2.22 bits per heavy atom. The molecule has 2 aliphatic heterocycles. The maximum Gasteiger partial charge on any atom is 0.0221 e. The number of rotatable bonds is 5. The normalized spacial score (nSPS) is 35.8. The van der Waals surface area contributed by atoms with Gasteiger partial charge in [-0.25, -0.2) is 0 Å². The van der Waals surface area contributed by atoms with Crippen LogP contribution in [0, 0.1) is 5.92 Å². The number of hydrogen-bond acceptors (Lipinski definition) is 3. The first-order valence-electron chi connectivity index (χ1n) is 7.83. The fraction of sp³-hybridized carbons (Fsp3) is 1.00. The fourth-order valence-electron chi connectivity index (χ4n) is 3.22. The molecule has 2 aliphatic rings. The van der Waals surface area contributed by atoms with Gasteiger partial charge in [0.05, 0.1) is 0 Å². The maximum absolute atomic E-state index is 3.78. The molecule has 0 aromatic carbocycles. The lowest BCUT2D eigenvalue weighted by Gasteiger charge is -2.43. The van der Waals surface area contributed by atoms with E-state index < -0.39 is 0 Å². The van der Waals surface area contributed by atoms with E-state index in [0.717, 1.165) is 17.2 Å². The molecule has 2 nitrogen and oxygen atoms in total. The van der Waals surface area contributed by atoms with E-state index in [0.29, 0.717) is 6.04 Å². The van der Waals surface area contributed by atoms with Gasteiger partial charge in [0, 0.05) is 37.0 Å². The second kappa shape index (κ2) is 7.16. The highest BCUT2D eigenvalue weighted by Gasteiger charge is 2.31. The lowest BCUT2D eigenvalue weighted by Crippen LogP contribution is -2.59. The Labute approximate surface area is 117 Å². The molecule has 0 aliphatic carbocycles. The summed E-state index contributed by atoms with van der Waals surface area (Å²) in [5, 5.41) is 4.69. The van der Waals surface area contributed by atoms with E-state index in [1.165, 1.54) is 51.1 Å². The molecule has 0 aromatic rings. The molecule has 0 radical (unpaired) electrons. The molecular weight excluding hydrogens is 240 g/mol. The van der Waals surface area contributed by atoms with E-state index in [1.807, 2.05) is 0 Å². The summed E-state index contributed by atoms with van der Waals surface area (Å²) >= 11 is 2.20. The molecule has 2 saturated heterocycles. The third-order valence-electron chi connectivity index (χ3n) is 4.83. The fourth-order valence-corrected chi connectivity index (χ4v) is 4.52. The third kappa shape index (κ3) is 3.64. The average Bonchev–Trinajstić information content (AvgIpc) is 2.90. The predicted octanol–water partition coefficient (Wildman–Crippen LogP) is 2.98. The van der Waals surface area contributed by atoms with Crippen LogP contribution >= 0.6 is 11.8 Å². The molecule has 4 atom stereocenters. The van der Waals surface area contributed by atoms with Crippen molar-refractivity contribution in [3.63, 3.8) is 0 Å². The summed E-state index contributed by atoms with van der Waals surface area (Å²) in [5.41, 5.74) is 0. The second-order valence-electron chi connectivity index (χ2n) is 6.05. The SMILES string of the molecule is CCC(C)C1CN(CC2CCCS2)C(CC)CN1. The van der Waals surface area contributed by atoms with E-state index in [9.17, 15) is 0 Å². The average molecular weight is 270 g/mol. The lowest BCUT2D eigenvalue weighted by atomic mass is 9.94. The van der Waals surface area contributed by atoms with Crippen molar-refractivity contribution in [2.45, 2.75) is 63.8 Å². The summed E-state index contributed by atoms with van der Waals surface area (Å²) < 4.78 is 0. The lowest BCUT2D eigenvalue weighted by molar-refractivity contribution is 0.106. The van der Waals surface area contributed by atoms with Crippen molar-refractivity contribution in [3.8, 4) is 0 Å². The zero-order valence-electron chi connectivity index (χ0n) is 12.3. The number of thioether (sulfide) groups is 1. The van der Waals surface area contributed by atoms with Crippen molar-refractivity contribution in [1.29, 1.82) is 0 Å². The minimum Gasteiger partial charge on any atom is -0.311 e. The van der Waals surface area contributed by atoms with Crippen molar-refractivity contribution in [1.82, 2.24) is 10.2 Å². The molecule has 106 valence electrons. The summed E-state index contributed by atoms with van der Waals surface area (Å²) in [6.07, 6.45) is 5.46. The first-order valence-corrected chi connectivity index (χ1v) is 8.88. The third-order valence-corrected chi connectivity index (χ3v) is 6.21. The Kier molecular flexibility index (Phi) is 5.84. The van der Waals surface area contributed by atoms with Gasteiger partial charge < -0.3 is 5.32 Å². The van der Waals surface area contributed by atoms with Gasteiger partial charge in [0.15, 0.2) is 0 Å². The van der Waals surface area contributed by atoms with E-state index >= 15 is 0 Å². The van der Waals surface area contributed by atoms with E-state index in [2.05, 4.69) is 42.7 Å². The van der Waals surface area contributed by atoms with Crippen LogP contribution in [0.2, 0.25) is 0 Å². The van der Waals surface area contributed by atoms with Gasteiger partial charge in [-0.1, -0.05) is 27.2 Å². The first-order chi connectivity index (χ1) is 8.74. The molecule has 2 rings (SSSR count). The maximum atomic E-state index is 3.78. The molecule has 0 saturated carbocycles. The van der Waals surface area contributed by atoms with Gasteiger partial charge in [-0.3, -0.25) is 4.90 Å². The van der Waals surface area contributed by atoms with Crippen LogP contribution in [0.1, 0.15) is 46.5 Å². The summed E-state index contributed by atoms with van der Waals surface area (Å²) in [7, 11) is 0. The monoisotopic (exact) mass is 270 g/mol. The Morgan fingerprint density at radius 3 is 2.83 bits per heavy atom. The molecule has 0 amide bonds. The van der Waals surface area contributed by atoms with Gasteiger partial charge in [0.1, 0.15) is 0 Å². The van der Waals surface area contributed by atoms with Crippen LogP contribution in [0.3, 0.4) is 0 Å². The van der Waals surface area contributed by atoms with Crippen molar-refractivity contribution < 1.29 is 0 Å². The zero-order chi connectivity index (χ0) is 13.0. The molecule has 4 unspecified atom stereocenters. The van der Waals surface area contributed by atoms with Gasteiger partial charge in [0.2, 0.25) is 0 Å². The van der Waals surface area contributed by atoms with Gasteiger partial charge in [0.25, 0.3) is 0 Å². The topological polar surface area (TPSA) is 15.3 Å². The molecule has 2 fully saturated rings. The minimum absolute atomic E-state index is 0.712. The van der Waals surface area contributed by atoms with Crippen molar-refractivity contribution >= 4 is 11.8 Å². The molecular formula is C15H30N2S. The largest absolute Gasteiger partial charge is 0.311 e. The number of hydrogen-bond donors (Lipinski definition) is 1. The highest BCUT2D eigenvalue weighted by Crippen LogP contribution is 2.28. The second-order valence-corrected chi connectivity index (χ2v) is 7.46. The summed E-state index contributed by atoms with van der Waals surface area (Å²) in [4.78, 5) is 2.79. The van der Waals surface area contributed by atoms with Crippen LogP contribution in [0.4, 0.5) is 0 Å². The minimum atomic E-state index is 0.712. The molecule has 1 N–H and O–H groups in total. The number of piperazine rings is 1. The predicted molar refractivity (Wildman–Crippen MR) is 82.4 cm³/mol. The van der Waals surface area contributed by atoms with Crippen LogP contribution in [0.25, 0.3) is 0 Å². The van der Waals surface area contributed by atoms with Gasteiger partial charge >= 0.3 is 0 Å². The Morgan fingerprint density at radius 1 is 1.39 bits per heavy atom. The van der Waals surface area contributed by atoms with Crippen LogP contribution in [-0.4, -0.2) is 47.6 Å². The van der Waals surface area contributed by atoms with Crippen molar-refractivity contribution in [2.75, 3.05) is 25.4 Å². The van der Waals surface area contributed by atoms with E-state index in [1.54, 1.807) is 0 Å². The number of nitrogens with one attached hydrogen (secondary N) is 1. The molecule has 0 spiro atoms. The first kappa shape index (κ1) is 14.7. The van der Waals surface area contributed by atoms with Gasteiger partial charge in [-0.05, 0) is 30.9 Å². The van der Waals surface area contributed by atoms with E-state index in [4.69, 9.17) is 0 Å². The van der Waals surface area contributed by atoms with Crippen LogP contribution < -0.4 is 5.32 Å². The molecule has 2 heterocycles. The van der Waals surface area contributed by atoms with Crippen molar-refractivity contribution in [3.05, 3.63) is 0 Å². The standard InChI is InChI=1S/C15H30N2S/c1-4-12(3)15-11-17(13(5-2)9-16-15)10-14-7-6-8-18-14/h12-16H,4-11H2,1-3H3. The van der Waals surface area contributed by atoms with Gasteiger partial charge in [-0.2, -0.15) is 11.8 Å². The summed E-state index contributed by atoms with van der Waals surface area (Å²) in [6, 6.07) is 1.48. The van der Waals surface area contributed by atoms with Gasteiger partial charge in [-0.15, -0.1) is 0 Å². The molecule has 18 heavy (non-hydrogen) atoms. The Balaban J connectivity index is 1.89.